The fourth-order valence-corrected chi connectivity index (χ4v) is 8.98. The van der Waals surface area contributed by atoms with Gasteiger partial charge in [-0.25, -0.2) is 0 Å². The summed E-state index contributed by atoms with van der Waals surface area (Å²) < 4.78 is 19.5. The molecule has 0 unspecified atom stereocenters. The monoisotopic (exact) mass is 496 g/mol. The molecule has 6 rings (SSSR count). The van der Waals surface area contributed by atoms with Gasteiger partial charge < -0.3 is 19.3 Å². The van der Waals surface area contributed by atoms with E-state index in [1.807, 2.05) is 20.8 Å². The van der Waals surface area contributed by atoms with Crippen molar-refractivity contribution in [2.75, 3.05) is 6.61 Å². The highest BCUT2D eigenvalue weighted by molar-refractivity contribution is 5.91. The Kier molecular flexibility index (Phi) is 5.64. The van der Waals surface area contributed by atoms with Gasteiger partial charge in [-0.05, 0) is 76.7 Å². The van der Waals surface area contributed by atoms with Gasteiger partial charge >= 0.3 is 0 Å². The summed E-state index contributed by atoms with van der Waals surface area (Å²) >= 11 is 0. The number of ketones is 1. The van der Waals surface area contributed by atoms with Crippen LogP contribution in [-0.2, 0) is 19.0 Å². The van der Waals surface area contributed by atoms with E-state index in [9.17, 15) is 9.90 Å². The molecule has 1 N–H and O–H groups in total. The maximum atomic E-state index is 14.2. The molecule has 0 aromatic rings. The number of allylic oxidation sites excluding steroid dienone is 5. The van der Waals surface area contributed by atoms with Crippen LogP contribution in [-0.4, -0.2) is 47.2 Å². The molecule has 0 amide bonds. The molecule has 5 nitrogen and oxygen atoms in total. The first-order chi connectivity index (χ1) is 16.9. The topological polar surface area (TPSA) is 65.0 Å². The Labute approximate surface area is 216 Å². The molecule has 1 aliphatic heterocycles. The lowest BCUT2D eigenvalue weighted by atomic mass is 9.46. The van der Waals surface area contributed by atoms with E-state index in [0.29, 0.717) is 18.3 Å². The van der Waals surface area contributed by atoms with E-state index in [1.54, 1.807) is 0 Å². The van der Waals surface area contributed by atoms with Gasteiger partial charge in [0.15, 0.2) is 17.7 Å². The second-order valence-corrected chi connectivity index (χ2v) is 14.0. The van der Waals surface area contributed by atoms with Crippen molar-refractivity contribution in [3.05, 3.63) is 36.0 Å². The predicted octanol–water partition coefficient (Wildman–Crippen LogP) is 5.53. The van der Waals surface area contributed by atoms with Gasteiger partial charge in [-0.15, -0.1) is 0 Å². The largest absolute Gasteiger partial charge is 0.393 e. The van der Waals surface area contributed by atoms with E-state index in [4.69, 9.17) is 14.2 Å². The first-order valence-electron chi connectivity index (χ1n) is 14.2. The van der Waals surface area contributed by atoms with Crippen molar-refractivity contribution in [2.45, 2.75) is 109 Å². The summed E-state index contributed by atoms with van der Waals surface area (Å²) in [5.74, 6) is 1.06. The molecular formula is C31H44O5. The summed E-state index contributed by atoms with van der Waals surface area (Å²) in [5, 5.41) is 11.9. The molecule has 0 aromatic carbocycles. The molecule has 5 fully saturated rings. The van der Waals surface area contributed by atoms with Crippen LogP contribution in [0.1, 0.15) is 79.6 Å². The van der Waals surface area contributed by atoms with Crippen LogP contribution in [0, 0.1) is 34.5 Å². The zero-order valence-electron chi connectivity index (χ0n) is 22.7. The van der Waals surface area contributed by atoms with E-state index < -0.39 is 22.7 Å². The molecule has 4 saturated carbocycles. The first-order valence-corrected chi connectivity index (χ1v) is 14.2. The molecule has 5 aliphatic carbocycles. The Bertz CT molecular complexity index is 1020. The minimum Gasteiger partial charge on any atom is -0.393 e. The van der Waals surface area contributed by atoms with Gasteiger partial charge in [-0.1, -0.05) is 50.6 Å². The molecule has 9 atom stereocenters. The van der Waals surface area contributed by atoms with Crippen molar-refractivity contribution in [2.24, 2.45) is 34.5 Å². The molecule has 5 heteroatoms. The molecule has 0 aromatic heterocycles. The second kappa shape index (κ2) is 8.11. The van der Waals surface area contributed by atoms with E-state index in [1.165, 1.54) is 12.0 Å². The van der Waals surface area contributed by atoms with Crippen molar-refractivity contribution in [3.63, 3.8) is 0 Å². The normalized spacial score (nSPS) is 47.9. The highest BCUT2D eigenvalue weighted by atomic mass is 16.7. The average molecular weight is 497 g/mol. The predicted molar refractivity (Wildman–Crippen MR) is 138 cm³/mol. The van der Waals surface area contributed by atoms with Crippen LogP contribution < -0.4 is 0 Å². The molecule has 1 heterocycles. The number of carbonyl (C=O) groups is 1. The maximum Gasteiger partial charge on any atom is 0.193 e. The average Bonchev–Trinajstić information content (AvgIpc) is 3.23. The van der Waals surface area contributed by atoms with Gasteiger partial charge in [-0.3, -0.25) is 4.79 Å². The lowest BCUT2D eigenvalue weighted by Crippen LogP contribution is -2.64. The molecule has 1 saturated heterocycles. The maximum absolute atomic E-state index is 14.2. The highest BCUT2D eigenvalue weighted by Crippen LogP contribution is 2.70. The Morgan fingerprint density at radius 1 is 1.25 bits per heavy atom. The smallest absolute Gasteiger partial charge is 0.193 e. The number of Topliss-reactive ketones (excluding diaryl/α,β-unsaturated/α-hetero) is 1. The summed E-state index contributed by atoms with van der Waals surface area (Å²) in [5.41, 5.74) is 0.295. The van der Waals surface area contributed by atoms with E-state index >= 15 is 0 Å². The van der Waals surface area contributed by atoms with Crippen LogP contribution in [0.5, 0.6) is 0 Å². The van der Waals surface area contributed by atoms with Crippen LogP contribution in [0.4, 0.5) is 0 Å². The molecule has 0 spiro atoms. The third-order valence-corrected chi connectivity index (χ3v) is 10.9. The molecule has 0 radical (unpaired) electrons. The van der Waals surface area contributed by atoms with Crippen molar-refractivity contribution in [1.29, 1.82) is 0 Å². The number of carbonyl (C=O) groups excluding carboxylic acids is 1. The minimum absolute atomic E-state index is 0.00336. The Morgan fingerprint density at radius 3 is 2.67 bits per heavy atom. The summed E-state index contributed by atoms with van der Waals surface area (Å²) in [6.07, 6.45) is 12.3. The van der Waals surface area contributed by atoms with Crippen molar-refractivity contribution in [1.82, 2.24) is 0 Å². The third-order valence-electron chi connectivity index (χ3n) is 10.9. The van der Waals surface area contributed by atoms with Gasteiger partial charge in [0.05, 0.1) is 17.8 Å². The van der Waals surface area contributed by atoms with Crippen LogP contribution in [0.15, 0.2) is 36.0 Å². The first kappa shape index (κ1) is 25.0. The van der Waals surface area contributed by atoms with Crippen molar-refractivity contribution < 1.29 is 24.1 Å². The Balaban J connectivity index is 1.37. The number of hydrogen-bond acceptors (Lipinski definition) is 5. The molecular weight excluding hydrogens is 452 g/mol. The van der Waals surface area contributed by atoms with Crippen LogP contribution >= 0.6 is 0 Å². The quantitative estimate of drug-likeness (QED) is 0.555. The third kappa shape index (κ3) is 3.38. The lowest BCUT2D eigenvalue weighted by Gasteiger charge is -2.60. The molecule has 6 aliphatic rings. The van der Waals surface area contributed by atoms with E-state index in [0.717, 1.165) is 37.7 Å². The molecule has 198 valence electrons. The molecule has 36 heavy (non-hydrogen) atoms. The van der Waals surface area contributed by atoms with E-state index in [-0.39, 0.29) is 42.0 Å². The number of rotatable bonds is 4. The summed E-state index contributed by atoms with van der Waals surface area (Å²) in [7, 11) is 0. The Morgan fingerprint density at radius 2 is 2.00 bits per heavy atom. The number of aliphatic hydroxyl groups is 1. The van der Waals surface area contributed by atoms with Crippen molar-refractivity contribution in [3.8, 4) is 0 Å². The fraction of sp³-hybridized carbons (Fsp3) is 0.774. The summed E-state index contributed by atoms with van der Waals surface area (Å²) in [4.78, 5) is 14.2. The minimum atomic E-state index is -1.05. The van der Waals surface area contributed by atoms with Gasteiger partial charge in [-0.2, -0.15) is 0 Å². The van der Waals surface area contributed by atoms with Gasteiger partial charge in [0.1, 0.15) is 6.61 Å². The number of aliphatic hydroxyl groups excluding tert-OH is 1. The van der Waals surface area contributed by atoms with Crippen LogP contribution in [0.3, 0.4) is 0 Å². The lowest BCUT2D eigenvalue weighted by molar-refractivity contribution is -0.214. The number of ether oxygens (including phenoxy) is 3. The standard InChI is InChI=1S/C31H44O5/c1-18-12-13-29(5)20(14-18)10-11-21-22-15-25-31(24(33)17-34-28(2,3)4,30(22,6)16-23(32)26(21)29)36-27(35-25)19-8-7-9-19/h12-14,19,21-23,25-27,32H,1,7-11,15-17H2,2-6H3/t21-,22-,23-,25+,26+,27+,29-,30-,31+/m0/s1. The van der Waals surface area contributed by atoms with Crippen LogP contribution in [0.2, 0.25) is 0 Å². The Hall–Kier alpha value is -1.27. The van der Waals surface area contributed by atoms with Crippen LogP contribution in [0.25, 0.3) is 0 Å². The summed E-state index contributed by atoms with van der Waals surface area (Å²) in [6.45, 7) is 14.6. The fourth-order valence-electron chi connectivity index (χ4n) is 8.98. The highest BCUT2D eigenvalue weighted by Gasteiger charge is 2.76. The van der Waals surface area contributed by atoms with Gasteiger partial charge in [0.25, 0.3) is 0 Å². The SMILES string of the molecule is C=C1C=C[C@@]2(C)C(=C1)CC[C@@H]1[C@@H]2[C@@H](O)C[C@@]2(C)[C@H]1C[C@H]1O[C@@H](C3CCC3)O[C@]12C(=O)COC(C)(C)C. The zero-order valence-corrected chi connectivity index (χ0v) is 22.7. The second-order valence-electron chi connectivity index (χ2n) is 14.0. The zero-order chi connectivity index (χ0) is 25.7. The number of hydrogen-bond donors (Lipinski definition) is 1. The van der Waals surface area contributed by atoms with E-state index in [2.05, 4.69) is 38.7 Å². The van der Waals surface area contributed by atoms with Gasteiger partial charge in [0.2, 0.25) is 0 Å². The van der Waals surface area contributed by atoms with Crippen molar-refractivity contribution >= 4 is 5.78 Å². The van der Waals surface area contributed by atoms with Gasteiger partial charge in [0, 0.05) is 22.7 Å². The number of fused-ring (bicyclic) bond motifs is 7. The summed E-state index contributed by atoms with van der Waals surface area (Å²) in [6, 6.07) is 0. The molecule has 0 bridgehead atoms.